The monoisotopic (exact) mass is 320 g/mol. The van der Waals surface area contributed by atoms with Crippen molar-refractivity contribution in [1.82, 2.24) is 0 Å². The summed E-state index contributed by atoms with van der Waals surface area (Å²) in [6.07, 6.45) is 1.29. The molecular formula is C12H11BrClFO2. The maximum atomic E-state index is 13.7. The van der Waals surface area contributed by atoms with E-state index in [9.17, 15) is 9.18 Å². The normalized spacial score (nSPS) is 17.1. The number of Topliss-reactive ketones (excluding diaryl/α,β-unsaturated/α-hetero) is 1. The molecule has 1 saturated heterocycles. The summed E-state index contributed by atoms with van der Waals surface area (Å²) in [5.74, 6) is -0.867. The highest BCUT2D eigenvalue weighted by molar-refractivity contribution is 9.10. The van der Waals surface area contributed by atoms with Crippen LogP contribution < -0.4 is 0 Å². The molecule has 0 amide bonds. The van der Waals surface area contributed by atoms with Crippen molar-refractivity contribution < 1.29 is 13.9 Å². The molecule has 0 radical (unpaired) electrons. The molecule has 17 heavy (non-hydrogen) atoms. The number of halogens is 3. The second kappa shape index (κ2) is 5.46. The molecule has 1 aromatic rings. The summed E-state index contributed by atoms with van der Waals surface area (Å²) in [7, 11) is 0. The average Bonchev–Trinajstić information content (AvgIpc) is 2.34. The van der Waals surface area contributed by atoms with Gasteiger partial charge in [0.05, 0.1) is 10.6 Å². The van der Waals surface area contributed by atoms with Gasteiger partial charge in [-0.15, -0.1) is 0 Å². The molecule has 1 aromatic carbocycles. The lowest BCUT2D eigenvalue weighted by atomic mass is 9.91. The summed E-state index contributed by atoms with van der Waals surface area (Å²) in [6, 6.07) is 2.62. The standard InChI is InChI=1S/C12H11BrClFO2/c13-9-6-11(15)8(5-10(9)14)12(16)7-1-3-17-4-2-7/h5-7H,1-4H2. The number of hydrogen-bond acceptors (Lipinski definition) is 2. The Bertz CT molecular complexity index is 444. The van der Waals surface area contributed by atoms with Crippen LogP contribution in [0.4, 0.5) is 4.39 Å². The van der Waals surface area contributed by atoms with Crippen molar-refractivity contribution in [2.45, 2.75) is 12.8 Å². The zero-order chi connectivity index (χ0) is 12.4. The van der Waals surface area contributed by atoms with E-state index in [0.29, 0.717) is 35.6 Å². The first-order valence-corrected chi connectivity index (χ1v) is 6.53. The van der Waals surface area contributed by atoms with Crippen LogP contribution in [0.3, 0.4) is 0 Å². The van der Waals surface area contributed by atoms with Gasteiger partial charge in [0, 0.05) is 23.6 Å². The van der Waals surface area contributed by atoms with Crippen LogP contribution in [0, 0.1) is 11.7 Å². The van der Waals surface area contributed by atoms with Crippen molar-refractivity contribution in [3.8, 4) is 0 Å². The van der Waals surface area contributed by atoms with Gasteiger partial charge in [-0.05, 0) is 40.9 Å². The number of benzene rings is 1. The van der Waals surface area contributed by atoms with Crippen molar-refractivity contribution in [2.24, 2.45) is 5.92 Å². The lowest BCUT2D eigenvalue weighted by Gasteiger charge is -2.21. The van der Waals surface area contributed by atoms with E-state index in [1.54, 1.807) is 0 Å². The van der Waals surface area contributed by atoms with Gasteiger partial charge < -0.3 is 4.74 Å². The average molecular weight is 322 g/mol. The fourth-order valence-corrected chi connectivity index (χ4v) is 2.37. The Balaban J connectivity index is 2.26. The SMILES string of the molecule is O=C(c1cc(Cl)c(Br)cc1F)C1CCOCC1. The summed E-state index contributed by atoms with van der Waals surface area (Å²) in [5.41, 5.74) is 0.0742. The van der Waals surface area contributed by atoms with Gasteiger partial charge in [0.25, 0.3) is 0 Å². The first kappa shape index (κ1) is 13.0. The minimum atomic E-state index is -0.530. The van der Waals surface area contributed by atoms with Gasteiger partial charge in [0.2, 0.25) is 0 Å². The van der Waals surface area contributed by atoms with Crippen molar-refractivity contribution in [3.05, 3.63) is 33.0 Å². The highest BCUT2D eigenvalue weighted by Crippen LogP contribution is 2.28. The largest absolute Gasteiger partial charge is 0.381 e. The van der Waals surface area contributed by atoms with Crippen molar-refractivity contribution in [3.63, 3.8) is 0 Å². The third kappa shape index (κ3) is 2.87. The smallest absolute Gasteiger partial charge is 0.169 e. The second-order valence-corrected chi connectivity index (χ2v) is 5.26. The highest BCUT2D eigenvalue weighted by atomic mass is 79.9. The molecule has 2 rings (SSSR count). The van der Waals surface area contributed by atoms with Crippen LogP contribution in [0.15, 0.2) is 16.6 Å². The van der Waals surface area contributed by atoms with E-state index >= 15 is 0 Å². The van der Waals surface area contributed by atoms with E-state index in [0.717, 1.165) is 0 Å². The lowest BCUT2D eigenvalue weighted by molar-refractivity contribution is 0.0542. The van der Waals surface area contributed by atoms with Gasteiger partial charge in [-0.1, -0.05) is 11.6 Å². The van der Waals surface area contributed by atoms with Gasteiger partial charge in [0.1, 0.15) is 5.82 Å². The lowest BCUT2D eigenvalue weighted by Crippen LogP contribution is -2.24. The molecule has 1 fully saturated rings. The fraction of sp³-hybridized carbons (Fsp3) is 0.417. The Kier molecular flexibility index (Phi) is 4.17. The van der Waals surface area contributed by atoms with E-state index < -0.39 is 5.82 Å². The Morgan fingerprint density at radius 3 is 2.71 bits per heavy atom. The molecule has 0 N–H and O–H groups in total. The van der Waals surface area contributed by atoms with Gasteiger partial charge >= 0.3 is 0 Å². The summed E-state index contributed by atoms with van der Waals surface area (Å²) < 4.78 is 19.3. The van der Waals surface area contributed by atoms with Crippen LogP contribution in [-0.4, -0.2) is 19.0 Å². The summed E-state index contributed by atoms with van der Waals surface area (Å²) in [6.45, 7) is 1.12. The molecule has 2 nitrogen and oxygen atoms in total. The van der Waals surface area contributed by atoms with Crippen LogP contribution in [0.25, 0.3) is 0 Å². The Morgan fingerprint density at radius 2 is 2.06 bits per heavy atom. The third-order valence-electron chi connectivity index (χ3n) is 2.87. The molecule has 0 unspecified atom stereocenters. The molecule has 1 aliphatic heterocycles. The molecule has 92 valence electrons. The zero-order valence-electron chi connectivity index (χ0n) is 9.01. The van der Waals surface area contributed by atoms with E-state index in [1.165, 1.54) is 12.1 Å². The number of rotatable bonds is 2. The van der Waals surface area contributed by atoms with Crippen molar-refractivity contribution in [2.75, 3.05) is 13.2 Å². The summed E-state index contributed by atoms with van der Waals surface area (Å²) in [5, 5.41) is 0.349. The first-order chi connectivity index (χ1) is 8.09. The van der Waals surface area contributed by atoms with Gasteiger partial charge in [0.15, 0.2) is 5.78 Å². The number of ether oxygens (including phenoxy) is 1. The van der Waals surface area contributed by atoms with Gasteiger partial charge in [-0.3, -0.25) is 4.79 Å². The molecule has 5 heteroatoms. The minimum Gasteiger partial charge on any atom is -0.381 e. The van der Waals surface area contributed by atoms with Gasteiger partial charge in [-0.25, -0.2) is 4.39 Å². The van der Waals surface area contributed by atoms with Crippen LogP contribution in [0.5, 0.6) is 0 Å². The number of carbonyl (C=O) groups is 1. The van der Waals surface area contributed by atoms with E-state index in [-0.39, 0.29) is 17.3 Å². The molecule has 0 aliphatic carbocycles. The fourth-order valence-electron chi connectivity index (χ4n) is 1.89. The molecule has 0 bridgehead atoms. The van der Waals surface area contributed by atoms with E-state index in [2.05, 4.69) is 15.9 Å². The van der Waals surface area contributed by atoms with E-state index in [1.807, 2.05) is 0 Å². The van der Waals surface area contributed by atoms with Crippen LogP contribution in [0.2, 0.25) is 5.02 Å². The molecule has 0 saturated carbocycles. The van der Waals surface area contributed by atoms with Crippen molar-refractivity contribution in [1.29, 1.82) is 0 Å². The number of ketones is 1. The molecule has 1 aliphatic rings. The summed E-state index contributed by atoms with van der Waals surface area (Å²) >= 11 is 9.00. The summed E-state index contributed by atoms with van der Waals surface area (Å²) in [4.78, 5) is 12.1. The van der Waals surface area contributed by atoms with Crippen molar-refractivity contribution >= 4 is 33.3 Å². The first-order valence-electron chi connectivity index (χ1n) is 5.36. The topological polar surface area (TPSA) is 26.3 Å². The predicted octanol–water partition coefficient (Wildman–Crippen LogP) is 3.85. The third-order valence-corrected chi connectivity index (χ3v) is 4.06. The molecular weight excluding hydrogens is 310 g/mol. The maximum absolute atomic E-state index is 13.7. The Hall–Kier alpha value is -0.450. The quantitative estimate of drug-likeness (QED) is 0.611. The molecule has 0 atom stereocenters. The zero-order valence-corrected chi connectivity index (χ0v) is 11.4. The van der Waals surface area contributed by atoms with Crippen LogP contribution in [-0.2, 0) is 4.74 Å². The number of carbonyl (C=O) groups excluding carboxylic acids is 1. The second-order valence-electron chi connectivity index (χ2n) is 4.00. The Labute approximate surface area is 112 Å². The van der Waals surface area contributed by atoms with Gasteiger partial charge in [-0.2, -0.15) is 0 Å². The predicted molar refractivity (Wildman–Crippen MR) is 67.0 cm³/mol. The van der Waals surface area contributed by atoms with Crippen LogP contribution >= 0.6 is 27.5 Å². The highest BCUT2D eigenvalue weighted by Gasteiger charge is 2.25. The maximum Gasteiger partial charge on any atom is 0.169 e. The molecule has 1 heterocycles. The molecule has 0 spiro atoms. The number of hydrogen-bond donors (Lipinski definition) is 0. The van der Waals surface area contributed by atoms with Crippen LogP contribution in [0.1, 0.15) is 23.2 Å². The molecule has 0 aromatic heterocycles. The Morgan fingerprint density at radius 1 is 1.41 bits per heavy atom. The van der Waals surface area contributed by atoms with E-state index in [4.69, 9.17) is 16.3 Å². The minimum absolute atomic E-state index is 0.0742.